The van der Waals surface area contributed by atoms with Gasteiger partial charge >= 0.3 is 0 Å². The summed E-state index contributed by atoms with van der Waals surface area (Å²) < 4.78 is 40.4. The first kappa shape index (κ1) is 21.5. The molecule has 0 atom stereocenters. The standard InChI is InChI=1S/C25H21FN2O4S/c26-18-7-9-19(10-8-18)33(31,32)28-13-3-12-27(14-15-28)25(30)17-6-11-21-20-4-1-2-5-22(20)24(29)23(21)16-17/h1-2,4-11,16H,3,12-15H2. The smallest absolute Gasteiger partial charge is 0.253 e. The van der Waals surface area contributed by atoms with Gasteiger partial charge in [0.1, 0.15) is 5.82 Å². The van der Waals surface area contributed by atoms with E-state index in [1.54, 1.807) is 29.2 Å². The van der Waals surface area contributed by atoms with Crippen molar-refractivity contribution in [3.8, 4) is 11.1 Å². The fourth-order valence-electron chi connectivity index (χ4n) is 4.44. The summed E-state index contributed by atoms with van der Waals surface area (Å²) in [7, 11) is -3.78. The highest BCUT2D eigenvalue weighted by Gasteiger charge is 2.30. The van der Waals surface area contributed by atoms with Crippen LogP contribution < -0.4 is 0 Å². The number of nitrogens with zero attached hydrogens (tertiary/aromatic N) is 2. The first-order valence-electron chi connectivity index (χ1n) is 10.7. The molecule has 8 heteroatoms. The van der Waals surface area contributed by atoms with Crippen molar-refractivity contribution in [3.63, 3.8) is 0 Å². The highest BCUT2D eigenvalue weighted by molar-refractivity contribution is 7.89. The lowest BCUT2D eigenvalue weighted by Crippen LogP contribution is -2.37. The van der Waals surface area contributed by atoms with Gasteiger partial charge in [0, 0.05) is 42.9 Å². The van der Waals surface area contributed by atoms with Crippen LogP contribution in [0.2, 0.25) is 0 Å². The van der Waals surface area contributed by atoms with Crippen LogP contribution in [0.1, 0.15) is 32.7 Å². The van der Waals surface area contributed by atoms with Gasteiger partial charge in [0.25, 0.3) is 5.91 Å². The summed E-state index contributed by atoms with van der Waals surface area (Å²) in [6.07, 6.45) is 0.474. The molecule has 168 valence electrons. The van der Waals surface area contributed by atoms with Crippen LogP contribution in [-0.4, -0.2) is 55.5 Å². The zero-order valence-corrected chi connectivity index (χ0v) is 18.5. The van der Waals surface area contributed by atoms with Crippen molar-refractivity contribution in [2.24, 2.45) is 0 Å². The van der Waals surface area contributed by atoms with Crippen LogP contribution >= 0.6 is 0 Å². The number of fused-ring (bicyclic) bond motifs is 3. The van der Waals surface area contributed by atoms with E-state index in [1.165, 1.54) is 16.4 Å². The maximum absolute atomic E-state index is 13.2. The summed E-state index contributed by atoms with van der Waals surface area (Å²) in [5.41, 5.74) is 3.24. The third kappa shape index (κ3) is 3.75. The maximum Gasteiger partial charge on any atom is 0.253 e. The average Bonchev–Trinajstić information content (AvgIpc) is 2.97. The molecule has 2 aliphatic rings. The van der Waals surface area contributed by atoms with Gasteiger partial charge < -0.3 is 4.90 Å². The molecule has 3 aromatic rings. The Bertz CT molecular complexity index is 1370. The van der Waals surface area contributed by atoms with Crippen molar-refractivity contribution < 1.29 is 22.4 Å². The molecular formula is C25H21FN2O4S. The quantitative estimate of drug-likeness (QED) is 0.465. The number of hydrogen-bond donors (Lipinski definition) is 0. The van der Waals surface area contributed by atoms with Gasteiger partial charge in [-0.15, -0.1) is 0 Å². The zero-order valence-electron chi connectivity index (χ0n) is 17.7. The highest BCUT2D eigenvalue weighted by atomic mass is 32.2. The Morgan fingerprint density at radius 1 is 0.788 bits per heavy atom. The molecule has 0 spiro atoms. The van der Waals surface area contributed by atoms with E-state index in [9.17, 15) is 22.4 Å². The van der Waals surface area contributed by atoms with E-state index < -0.39 is 15.8 Å². The van der Waals surface area contributed by atoms with Gasteiger partial charge in [-0.3, -0.25) is 9.59 Å². The van der Waals surface area contributed by atoms with E-state index >= 15 is 0 Å². The molecule has 1 saturated heterocycles. The molecule has 1 aliphatic heterocycles. The third-order valence-electron chi connectivity index (χ3n) is 6.17. The van der Waals surface area contributed by atoms with Gasteiger partial charge in [-0.25, -0.2) is 12.8 Å². The van der Waals surface area contributed by atoms with Crippen molar-refractivity contribution in [1.29, 1.82) is 0 Å². The first-order chi connectivity index (χ1) is 15.9. The van der Waals surface area contributed by atoms with Gasteiger partial charge in [-0.2, -0.15) is 4.31 Å². The summed E-state index contributed by atoms with van der Waals surface area (Å²) in [5.74, 6) is -0.831. The average molecular weight is 465 g/mol. The van der Waals surface area contributed by atoms with Crippen LogP contribution in [0.5, 0.6) is 0 Å². The Hall–Kier alpha value is -3.36. The van der Waals surface area contributed by atoms with Gasteiger partial charge in [-0.05, 0) is 53.9 Å². The van der Waals surface area contributed by atoms with E-state index in [0.29, 0.717) is 29.7 Å². The number of rotatable bonds is 3. The summed E-state index contributed by atoms with van der Waals surface area (Å²) >= 11 is 0. The first-order valence-corrected chi connectivity index (χ1v) is 12.1. The molecule has 0 radical (unpaired) electrons. The molecule has 1 heterocycles. The van der Waals surface area contributed by atoms with Gasteiger partial charge in [0.2, 0.25) is 10.0 Å². The Labute approximate surface area is 191 Å². The predicted octanol–water partition coefficient (Wildman–Crippen LogP) is 3.57. The molecular weight excluding hydrogens is 443 g/mol. The number of hydrogen-bond acceptors (Lipinski definition) is 4. The van der Waals surface area contributed by atoms with Crippen molar-refractivity contribution in [3.05, 3.63) is 89.2 Å². The lowest BCUT2D eigenvalue weighted by Gasteiger charge is -2.22. The van der Waals surface area contributed by atoms with E-state index in [2.05, 4.69) is 0 Å². The lowest BCUT2D eigenvalue weighted by atomic mass is 10.0. The second-order valence-corrected chi connectivity index (χ2v) is 10.1. The number of benzene rings is 3. The SMILES string of the molecule is O=C1c2ccccc2-c2ccc(C(=O)N3CCCN(S(=O)(=O)c4ccc(F)cc4)CC3)cc21. The summed E-state index contributed by atoms with van der Waals surface area (Å²) in [5, 5.41) is 0. The van der Waals surface area contributed by atoms with E-state index in [4.69, 9.17) is 0 Å². The van der Waals surface area contributed by atoms with Crippen molar-refractivity contribution in [2.75, 3.05) is 26.2 Å². The van der Waals surface area contributed by atoms with Gasteiger partial charge in [0.15, 0.2) is 5.78 Å². The molecule has 5 rings (SSSR count). The van der Waals surface area contributed by atoms with E-state index in [-0.39, 0.29) is 36.2 Å². The van der Waals surface area contributed by atoms with Crippen LogP contribution in [0, 0.1) is 5.82 Å². The Balaban J connectivity index is 1.34. The second-order valence-electron chi connectivity index (χ2n) is 8.14. The number of carbonyl (C=O) groups is 2. The topological polar surface area (TPSA) is 74.8 Å². The molecule has 1 aliphatic carbocycles. The number of ketones is 1. The van der Waals surface area contributed by atoms with Crippen LogP contribution in [0.4, 0.5) is 4.39 Å². The number of carbonyl (C=O) groups excluding carboxylic acids is 2. The molecule has 6 nitrogen and oxygen atoms in total. The largest absolute Gasteiger partial charge is 0.337 e. The van der Waals surface area contributed by atoms with Crippen LogP contribution in [0.15, 0.2) is 71.6 Å². The normalized spacial score (nSPS) is 16.3. The van der Waals surface area contributed by atoms with E-state index in [1.807, 2.05) is 18.2 Å². The molecule has 3 aromatic carbocycles. The maximum atomic E-state index is 13.2. The van der Waals surface area contributed by atoms with Crippen LogP contribution in [0.3, 0.4) is 0 Å². The van der Waals surface area contributed by atoms with Crippen LogP contribution in [-0.2, 0) is 10.0 Å². The van der Waals surface area contributed by atoms with E-state index in [0.717, 1.165) is 23.3 Å². The van der Waals surface area contributed by atoms with Crippen molar-refractivity contribution in [1.82, 2.24) is 9.21 Å². The Kier molecular flexibility index (Phi) is 5.34. The highest BCUT2D eigenvalue weighted by Crippen LogP contribution is 2.36. The lowest BCUT2D eigenvalue weighted by molar-refractivity contribution is 0.0764. The summed E-state index contributed by atoms with van der Waals surface area (Å²) in [4.78, 5) is 27.6. The Morgan fingerprint density at radius 3 is 2.24 bits per heavy atom. The summed E-state index contributed by atoms with van der Waals surface area (Å²) in [6.45, 7) is 1.03. The molecule has 1 fully saturated rings. The number of sulfonamides is 1. The summed E-state index contributed by atoms with van der Waals surface area (Å²) in [6, 6.07) is 17.3. The molecule has 0 N–H and O–H groups in total. The molecule has 0 aromatic heterocycles. The number of halogens is 1. The fourth-order valence-corrected chi connectivity index (χ4v) is 5.91. The molecule has 0 saturated carbocycles. The monoisotopic (exact) mass is 464 g/mol. The van der Waals surface area contributed by atoms with Crippen molar-refractivity contribution in [2.45, 2.75) is 11.3 Å². The molecule has 1 amide bonds. The predicted molar refractivity (Wildman–Crippen MR) is 121 cm³/mol. The Morgan fingerprint density at radius 2 is 1.48 bits per heavy atom. The number of amides is 1. The minimum Gasteiger partial charge on any atom is -0.337 e. The zero-order chi connectivity index (χ0) is 23.2. The second kappa shape index (κ2) is 8.20. The minimum atomic E-state index is -3.78. The van der Waals surface area contributed by atoms with Gasteiger partial charge in [0.05, 0.1) is 4.90 Å². The fraction of sp³-hybridized carbons (Fsp3) is 0.200. The molecule has 33 heavy (non-hydrogen) atoms. The molecule has 0 bridgehead atoms. The van der Waals surface area contributed by atoms with Crippen molar-refractivity contribution >= 4 is 21.7 Å². The third-order valence-corrected chi connectivity index (χ3v) is 8.08. The minimum absolute atomic E-state index is 0.0281. The van der Waals surface area contributed by atoms with Crippen LogP contribution in [0.25, 0.3) is 11.1 Å². The molecule has 0 unspecified atom stereocenters. The van der Waals surface area contributed by atoms with Gasteiger partial charge in [-0.1, -0.05) is 30.3 Å².